The van der Waals surface area contributed by atoms with E-state index in [0.29, 0.717) is 22.9 Å². The van der Waals surface area contributed by atoms with Gasteiger partial charge in [-0.2, -0.15) is 11.8 Å². The Morgan fingerprint density at radius 2 is 2.25 bits per heavy atom. The molecule has 0 aliphatic rings. The second-order valence-corrected chi connectivity index (χ2v) is 7.35. The Bertz CT molecular complexity index is 721. The molecule has 0 saturated carbocycles. The highest BCUT2D eigenvalue weighted by molar-refractivity contribution is 7.98. The SMILES string of the molecule is CSCCC(NC(=O)Cc1csc(-c2cccc(Cl)c2)n1)C(=O)O. The van der Waals surface area contributed by atoms with Crippen LogP contribution in [0.1, 0.15) is 12.1 Å². The highest BCUT2D eigenvalue weighted by Gasteiger charge is 2.20. The Kier molecular flexibility index (Phi) is 7.08. The minimum Gasteiger partial charge on any atom is -0.480 e. The fourth-order valence-corrected chi connectivity index (χ4v) is 3.52. The van der Waals surface area contributed by atoms with E-state index in [1.54, 1.807) is 23.2 Å². The molecule has 5 nitrogen and oxygen atoms in total. The first-order chi connectivity index (χ1) is 11.5. The standard InChI is InChI=1S/C16H17ClN2O3S2/c1-23-6-5-13(16(21)22)19-14(20)8-12-9-24-15(18-12)10-3-2-4-11(17)7-10/h2-4,7,9,13H,5-6,8H2,1H3,(H,19,20)(H,21,22). The highest BCUT2D eigenvalue weighted by atomic mass is 35.5. The molecule has 1 atom stereocenters. The molecule has 0 saturated heterocycles. The number of aromatic nitrogens is 1. The third kappa shape index (κ3) is 5.51. The Morgan fingerprint density at radius 3 is 2.92 bits per heavy atom. The van der Waals surface area contributed by atoms with Gasteiger partial charge in [-0.3, -0.25) is 4.79 Å². The summed E-state index contributed by atoms with van der Waals surface area (Å²) in [7, 11) is 0. The average Bonchev–Trinajstić information content (AvgIpc) is 2.99. The van der Waals surface area contributed by atoms with E-state index in [1.165, 1.54) is 11.3 Å². The van der Waals surface area contributed by atoms with Crippen molar-refractivity contribution >= 4 is 46.6 Å². The lowest BCUT2D eigenvalue weighted by atomic mass is 10.2. The molecular weight excluding hydrogens is 368 g/mol. The number of carboxylic acid groups (broad SMARTS) is 1. The van der Waals surface area contributed by atoms with E-state index in [4.69, 9.17) is 16.7 Å². The minimum atomic E-state index is -1.02. The zero-order valence-corrected chi connectivity index (χ0v) is 15.4. The van der Waals surface area contributed by atoms with Crippen LogP contribution in [0.25, 0.3) is 10.6 Å². The number of thioether (sulfide) groups is 1. The van der Waals surface area contributed by atoms with E-state index in [2.05, 4.69) is 10.3 Å². The zero-order valence-electron chi connectivity index (χ0n) is 13.0. The maximum absolute atomic E-state index is 12.1. The molecular formula is C16H17ClN2O3S2. The maximum Gasteiger partial charge on any atom is 0.326 e. The van der Waals surface area contributed by atoms with Gasteiger partial charge in [0.05, 0.1) is 12.1 Å². The summed E-state index contributed by atoms with van der Waals surface area (Å²) >= 11 is 8.94. The van der Waals surface area contributed by atoms with Crippen molar-refractivity contribution < 1.29 is 14.7 Å². The van der Waals surface area contributed by atoms with Gasteiger partial charge in [-0.25, -0.2) is 9.78 Å². The van der Waals surface area contributed by atoms with Crippen LogP contribution in [0.2, 0.25) is 5.02 Å². The van der Waals surface area contributed by atoms with Crippen LogP contribution in [0.5, 0.6) is 0 Å². The lowest BCUT2D eigenvalue weighted by Gasteiger charge is -2.13. The number of halogens is 1. The minimum absolute atomic E-state index is 0.0557. The molecule has 0 aliphatic carbocycles. The molecule has 0 bridgehead atoms. The molecule has 0 fully saturated rings. The van der Waals surface area contributed by atoms with Crippen LogP contribution >= 0.6 is 34.7 Å². The summed E-state index contributed by atoms with van der Waals surface area (Å²) in [5, 5.41) is 14.9. The average molecular weight is 385 g/mol. The summed E-state index contributed by atoms with van der Waals surface area (Å²) < 4.78 is 0. The number of aliphatic carboxylic acids is 1. The van der Waals surface area contributed by atoms with Crippen molar-refractivity contribution in [1.82, 2.24) is 10.3 Å². The van der Waals surface area contributed by atoms with E-state index < -0.39 is 12.0 Å². The molecule has 24 heavy (non-hydrogen) atoms. The summed E-state index contributed by atoms with van der Waals surface area (Å²) in [5.41, 5.74) is 1.50. The fourth-order valence-electron chi connectivity index (χ4n) is 2.05. The second kappa shape index (κ2) is 9.05. The van der Waals surface area contributed by atoms with E-state index in [0.717, 1.165) is 10.6 Å². The first-order valence-electron chi connectivity index (χ1n) is 7.21. The molecule has 1 heterocycles. The number of nitrogens with one attached hydrogen (secondary N) is 1. The Morgan fingerprint density at radius 1 is 1.46 bits per heavy atom. The lowest BCUT2D eigenvalue weighted by Crippen LogP contribution is -2.41. The van der Waals surface area contributed by atoms with Crippen molar-refractivity contribution in [3.05, 3.63) is 40.4 Å². The summed E-state index contributed by atoms with van der Waals surface area (Å²) in [6.07, 6.45) is 2.35. The van der Waals surface area contributed by atoms with Crippen molar-refractivity contribution in [2.45, 2.75) is 18.9 Å². The van der Waals surface area contributed by atoms with Gasteiger partial charge in [0.1, 0.15) is 11.0 Å². The van der Waals surface area contributed by atoms with Crippen LogP contribution in [-0.4, -0.2) is 40.0 Å². The molecule has 2 N–H and O–H groups in total. The third-order valence-electron chi connectivity index (χ3n) is 3.21. The summed E-state index contributed by atoms with van der Waals surface area (Å²) in [6, 6.07) is 6.48. The Balaban J connectivity index is 1.98. The molecule has 1 aromatic carbocycles. The molecule has 8 heteroatoms. The van der Waals surface area contributed by atoms with Crippen molar-refractivity contribution in [2.75, 3.05) is 12.0 Å². The number of hydrogen-bond donors (Lipinski definition) is 2. The molecule has 0 spiro atoms. The van der Waals surface area contributed by atoms with Crippen LogP contribution in [-0.2, 0) is 16.0 Å². The van der Waals surface area contributed by atoms with Crippen LogP contribution in [0.15, 0.2) is 29.6 Å². The molecule has 1 aromatic heterocycles. The summed E-state index contributed by atoms with van der Waals surface area (Å²) in [6.45, 7) is 0. The quantitative estimate of drug-likeness (QED) is 0.729. The van der Waals surface area contributed by atoms with Gasteiger partial charge in [0.2, 0.25) is 5.91 Å². The number of amides is 1. The molecule has 0 aliphatic heterocycles. The number of thiazole rings is 1. The van der Waals surface area contributed by atoms with Crippen LogP contribution in [0.4, 0.5) is 0 Å². The van der Waals surface area contributed by atoms with Gasteiger partial charge in [-0.05, 0) is 30.6 Å². The first-order valence-corrected chi connectivity index (χ1v) is 9.86. The van der Waals surface area contributed by atoms with E-state index in [1.807, 2.05) is 24.5 Å². The first kappa shape index (κ1) is 18.8. The van der Waals surface area contributed by atoms with Crippen molar-refractivity contribution in [3.8, 4) is 10.6 Å². The summed E-state index contributed by atoms with van der Waals surface area (Å²) in [5.74, 6) is -0.686. The number of rotatable bonds is 8. The van der Waals surface area contributed by atoms with Gasteiger partial charge in [0.15, 0.2) is 0 Å². The molecule has 1 amide bonds. The number of hydrogen-bond acceptors (Lipinski definition) is 5. The predicted molar refractivity (Wildman–Crippen MR) is 98.8 cm³/mol. The van der Waals surface area contributed by atoms with Crippen LogP contribution < -0.4 is 5.32 Å². The van der Waals surface area contributed by atoms with Crippen molar-refractivity contribution in [2.24, 2.45) is 0 Å². The molecule has 128 valence electrons. The maximum atomic E-state index is 12.1. The number of carbonyl (C=O) groups is 2. The highest BCUT2D eigenvalue weighted by Crippen LogP contribution is 2.26. The molecule has 1 unspecified atom stereocenters. The smallest absolute Gasteiger partial charge is 0.326 e. The number of carboxylic acids is 1. The Labute approximate surface area is 153 Å². The van der Waals surface area contributed by atoms with Gasteiger partial charge in [-0.15, -0.1) is 11.3 Å². The Hall–Kier alpha value is -1.57. The molecule has 0 radical (unpaired) electrons. The van der Waals surface area contributed by atoms with E-state index in [9.17, 15) is 9.59 Å². The monoisotopic (exact) mass is 384 g/mol. The lowest BCUT2D eigenvalue weighted by molar-refractivity contribution is -0.141. The molecule has 2 rings (SSSR count). The van der Waals surface area contributed by atoms with Crippen molar-refractivity contribution in [3.63, 3.8) is 0 Å². The van der Waals surface area contributed by atoms with E-state index in [-0.39, 0.29) is 12.3 Å². The number of benzene rings is 1. The predicted octanol–water partition coefficient (Wildman–Crippen LogP) is 3.33. The fraction of sp³-hybridized carbons (Fsp3) is 0.312. The number of nitrogens with zero attached hydrogens (tertiary/aromatic N) is 1. The second-order valence-electron chi connectivity index (χ2n) is 5.07. The van der Waals surface area contributed by atoms with Crippen molar-refractivity contribution in [1.29, 1.82) is 0 Å². The van der Waals surface area contributed by atoms with Gasteiger partial charge in [0.25, 0.3) is 0 Å². The largest absolute Gasteiger partial charge is 0.480 e. The topological polar surface area (TPSA) is 79.3 Å². The third-order valence-corrected chi connectivity index (χ3v) is 5.03. The van der Waals surface area contributed by atoms with Gasteiger partial charge >= 0.3 is 5.97 Å². The zero-order chi connectivity index (χ0) is 17.5. The van der Waals surface area contributed by atoms with E-state index >= 15 is 0 Å². The van der Waals surface area contributed by atoms with Gasteiger partial charge in [0, 0.05) is 16.0 Å². The normalized spacial score (nSPS) is 11.9. The number of carbonyl (C=O) groups excluding carboxylic acids is 1. The van der Waals surface area contributed by atoms with Gasteiger partial charge < -0.3 is 10.4 Å². The van der Waals surface area contributed by atoms with Crippen LogP contribution in [0, 0.1) is 0 Å². The van der Waals surface area contributed by atoms with Gasteiger partial charge in [-0.1, -0.05) is 23.7 Å². The van der Waals surface area contributed by atoms with Crippen LogP contribution in [0.3, 0.4) is 0 Å². The summed E-state index contributed by atoms with van der Waals surface area (Å²) in [4.78, 5) is 27.6. The molecule has 2 aromatic rings.